The minimum atomic E-state index is -0.421. The molecular formula is C22H16BrNO2. The SMILES string of the molecule is COc1ccccc1N=C1c2ccccc2C(=O)[C@@H]1c1cccc(Br)c1. The van der Waals surface area contributed by atoms with Gasteiger partial charge in [0.25, 0.3) is 0 Å². The Balaban J connectivity index is 1.93. The number of aliphatic imine (C=N–C) groups is 1. The number of fused-ring (bicyclic) bond motifs is 1. The molecule has 0 amide bonds. The quantitative estimate of drug-likeness (QED) is 0.571. The van der Waals surface area contributed by atoms with Gasteiger partial charge >= 0.3 is 0 Å². The zero-order chi connectivity index (χ0) is 18.1. The number of methoxy groups -OCH3 is 1. The number of hydrogen-bond donors (Lipinski definition) is 0. The predicted molar refractivity (Wildman–Crippen MR) is 107 cm³/mol. The van der Waals surface area contributed by atoms with E-state index in [0.29, 0.717) is 11.3 Å². The van der Waals surface area contributed by atoms with Crippen LogP contribution >= 0.6 is 15.9 Å². The maximum Gasteiger partial charge on any atom is 0.176 e. The van der Waals surface area contributed by atoms with E-state index in [4.69, 9.17) is 9.73 Å². The van der Waals surface area contributed by atoms with Crippen LogP contribution in [-0.2, 0) is 0 Å². The molecule has 128 valence electrons. The van der Waals surface area contributed by atoms with Crippen LogP contribution < -0.4 is 4.74 Å². The number of rotatable bonds is 3. The van der Waals surface area contributed by atoms with Gasteiger partial charge in [-0.05, 0) is 29.8 Å². The Morgan fingerprint density at radius 2 is 1.65 bits per heavy atom. The summed E-state index contributed by atoms with van der Waals surface area (Å²) in [6, 6.07) is 23.1. The summed E-state index contributed by atoms with van der Waals surface area (Å²) in [4.78, 5) is 18.0. The third kappa shape index (κ3) is 2.86. The fourth-order valence-electron chi connectivity index (χ4n) is 3.33. The molecule has 1 aliphatic carbocycles. The molecule has 0 fully saturated rings. The van der Waals surface area contributed by atoms with Gasteiger partial charge in [0.05, 0.1) is 18.7 Å². The molecule has 0 unspecified atom stereocenters. The van der Waals surface area contributed by atoms with Gasteiger partial charge in [0.1, 0.15) is 11.4 Å². The molecule has 4 heteroatoms. The molecule has 0 spiro atoms. The second-order valence-corrected chi connectivity index (χ2v) is 6.98. The Hall–Kier alpha value is -2.72. The number of ketones is 1. The molecule has 0 aliphatic heterocycles. The van der Waals surface area contributed by atoms with E-state index in [9.17, 15) is 4.79 Å². The van der Waals surface area contributed by atoms with Crippen LogP contribution in [-0.4, -0.2) is 18.6 Å². The first kappa shape index (κ1) is 16.7. The monoisotopic (exact) mass is 405 g/mol. The van der Waals surface area contributed by atoms with E-state index >= 15 is 0 Å². The van der Waals surface area contributed by atoms with Crippen molar-refractivity contribution in [1.82, 2.24) is 0 Å². The van der Waals surface area contributed by atoms with Crippen molar-refractivity contribution in [3.63, 3.8) is 0 Å². The third-order valence-corrected chi connectivity index (χ3v) is 5.01. The van der Waals surface area contributed by atoms with Crippen LogP contribution in [0.4, 0.5) is 5.69 Å². The zero-order valence-electron chi connectivity index (χ0n) is 14.1. The summed E-state index contributed by atoms with van der Waals surface area (Å²) >= 11 is 3.50. The molecule has 0 radical (unpaired) electrons. The van der Waals surface area contributed by atoms with Gasteiger partial charge in [0.2, 0.25) is 0 Å². The van der Waals surface area contributed by atoms with E-state index < -0.39 is 5.92 Å². The van der Waals surface area contributed by atoms with E-state index in [1.165, 1.54) is 0 Å². The molecule has 0 saturated carbocycles. The van der Waals surface area contributed by atoms with Gasteiger partial charge in [0.15, 0.2) is 5.78 Å². The van der Waals surface area contributed by atoms with Crippen LogP contribution in [0.25, 0.3) is 0 Å². The highest BCUT2D eigenvalue weighted by Crippen LogP contribution is 2.38. The highest BCUT2D eigenvalue weighted by molar-refractivity contribution is 9.10. The van der Waals surface area contributed by atoms with Gasteiger partial charge in [-0.2, -0.15) is 0 Å². The van der Waals surface area contributed by atoms with Crippen LogP contribution in [0, 0.1) is 0 Å². The minimum absolute atomic E-state index is 0.0762. The Kier molecular flexibility index (Phi) is 4.43. The maximum absolute atomic E-state index is 13.1. The van der Waals surface area contributed by atoms with E-state index in [-0.39, 0.29) is 5.78 Å². The Morgan fingerprint density at radius 1 is 0.923 bits per heavy atom. The Labute approximate surface area is 160 Å². The van der Waals surface area contributed by atoms with Gasteiger partial charge < -0.3 is 4.74 Å². The van der Waals surface area contributed by atoms with E-state index in [1.807, 2.05) is 72.8 Å². The summed E-state index contributed by atoms with van der Waals surface area (Å²) in [6.07, 6.45) is 0. The normalized spacial score (nSPS) is 17.4. The summed E-state index contributed by atoms with van der Waals surface area (Å²) in [6.45, 7) is 0. The van der Waals surface area contributed by atoms with Crippen molar-refractivity contribution >= 4 is 33.1 Å². The zero-order valence-corrected chi connectivity index (χ0v) is 15.7. The molecule has 3 aromatic rings. The fourth-order valence-corrected chi connectivity index (χ4v) is 3.75. The maximum atomic E-state index is 13.1. The molecule has 3 aromatic carbocycles. The highest BCUT2D eigenvalue weighted by Gasteiger charge is 2.37. The molecule has 26 heavy (non-hydrogen) atoms. The van der Waals surface area contributed by atoms with Crippen LogP contribution in [0.1, 0.15) is 27.4 Å². The first-order valence-corrected chi connectivity index (χ1v) is 9.09. The molecule has 1 aliphatic rings. The van der Waals surface area contributed by atoms with Gasteiger partial charge in [-0.1, -0.05) is 64.5 Å². The van der Waals surface area contributed by atoms with E-state index in [2.05, 4.69) is 15.9 Å². The summed E-state index contributed by atoms with van der Waals surface area (Å²) in [5, 5.41) is 0. The van der Waals surface area contributed by atoms with Crippen molar-refractivity contribution in [3.05, 3.63) is 94.0 Å². The molecule has 0 bridgehead atoms. The average Bonchev–Trinajstić information content (AvgIpc) is 2.94. The lowest BCUT2D eigenvalue weighted by atomic mass is 9.93. The fraction of sp³-hybridized carbons (Fsp3) is 0.0909. The first-order chi connectivity index (χ1) is 12.7. The predicted octanol–water partition coefficient (Wildman–Crippen LogP) is 5.56. The van der Waals surface area contributed by atoms with E-state index in [0.717, 1.165) is 27.0 Å². The minimum Gasteiger partial charge on any atom is -0.494 e. The number of para-hydroxylation sites is 2. The molecule has 3 nitrogen and oxygen atoms in total. The van der Waals surface area contributed by atoms with Crippen LogP contribution in [0.2, 0.25) is 0 Å². The van der Waals surface area contributed by atoms with Gasteiger partial charge in [0, 0.05) is 15.6 Å². The highest BCUT2D eigenvalue weighted by atomic mass is 79.9. The lowest BCUT2D eigenvalue weighted by Crippen LogP contribution is -2.13. The lowest BCUT2D eigenvalue weighted by molar-refractivity contribution is 0.0988. The number of Topliss-reactive ketones (excluding diaryl/α,β-unsaturated/α-hetero) is 1. The van der Waals surface area contributed by atoms with Crippen molar-refractivity contribution in [3.8, 4) is 5.75 Å². The smallest absolute Gasteiger partial charge is 0.176 e. The number of benzene rings is 3. The second-order valence-electron chi connectivity index (χ2n) is 6.07. The second kappa shape index (κ2) is 6.89. The number of carbonyl (C=O) groups excluding carboxylic acids is 1. The average molecular weight is 406 g/mol. The number of hydrogen-bond acceptors (Lipinski definition) is 3. The topological polar surface area (TPSA) is 38.7 Å². The molecule has 0 heterocycles. The van der Waals surface area contributed by atoms with Crippen molar-refractivity contribution in [1.29, 1.82) is 0 Å². The lowest BCUT2D eigenvalue weighted by Gasteiger charge is -2.12. The number of ether oxygens (including phenoxy) is 1. The van der Waals surface area contributed by atoms with Crippen molar-refractivity contribution < 1.29 is 9.53 Å². The molecule has 0 N–H and O–H groups in total. The van der Waals surface area contributed by atoms with Crippen molar-refractivity contribution in [2.75, 3.05) is 7.11 Å². The first-order valence-electron chi connectivity index (χ1n) is 8.29. The summed E-state index contributed by atoms with van der Waals surface area (Å²) in [5.74, 6) is 0.340. The van der Waals surface area contributed by atoms with Crippen LogP contribution in [0.15, 0.2) is 82.3 Å². The number of halogens is 1. The Morgan fingerprint density at radius 3 is 2.42 bits per heavy atom. The number of carbonyl (C=O) groups is 1. The van der Waals surface area contributed by atoms with Crippen LogP contribution in [0.3, 0.4) is 0 Å². The molecule has 0 saturated heterocycles. The molecule has 4 rings (SSSR count). The third-order valence-electron chi connectivity index (χ3n) is 4.51. The summed E-state index contributed by atoms with van der Waals surface area (Å²) < 4.78 is 6.37. The summed E-state index contributed by atoms with van der Waals surface area (Å²) in [7, 11) is 1.62. The van der Waals surface area contributed by atoms with Crippen molar-refractivity contribution in [2.45, 2.75) is 5.92 Å². The van der Waals surface area contributed by atoms with Crippen molar-refractivity contribution in [2.24, 2.45) is 4.99 Å². The van der Waals surface area contributed by atoms with Crippen LogP contribution in [0.5, 0.6) is 5.75 Å². The standard InChI is InChI=1S/C22H16BrNO2/c1-26-19-12-5-4-11-18(19)24-21-16-9-2-3-10-17(16)22(25)20(21)14-7-6-8-15(23)13-14/h2-13,20H,1H3/t20-/m1/s1. The van der Waals surface area contributed by atoms with E-state index in [1.54, 1.807) is 7.11 Å². The summed E-state index contributed by atoms with van der Waals surface area (Å²) in [5.41, 5.74) is 4.00. The van der Waals surface area contributed by atoms with Gasteiger partial charge in [-0.15, -0.1) is 0 Å². The molecule has 1 atom stereocenters. The molecule has 0 aromatic heterocycles. The largest absolute Gasteiger partial charge is 0.494 e. The van der Waals surface area contributed by atoms with Gasteiger partial charge in [-0.25, -0.2) is 4.99 Å². The molecular weight excluding hydrogens is 390 g/mol. The van der Waals surface area contributed by atoms with Gasteiger partial charge in [-0.3, -0.25) is 4.79 Å². The Bertz CT molecular complexity index is 1030. The number of nitrogens with zero attached hydrogens (tertiary/aromatic N) is 1.